The third-order valence-electron chi connectivity index (χ3n) is 3.62. The lowest BCUT2D eigenvalue weighted by Crippen LogP contribution is -2.51. The van der Waals surface area contributed by atoms with Crippen LogP contribution >= 0.6 is 0 Å². The molecule has 0 radical (unpaired) electrons. The molecule has 2 fully saturated rings. The summed E-state index contributed by atoms with van der Waals surface area (Å²) in [5.74, 6) is 1.68. The fourth-order valence-corrected chi connectivity index (χ4v) is 2.35. The fourth-order valence-electron chi connectivity index (χ4n) is 2.35. The summed E-state index contributed by atoms with van der Waals surface area (Å²) in [5, 5.41) is 13.0. The maximum atomic E-state index is 9.55. The summed E-state index contributed by atoms with van der Waals surface area (Å²) in [6.07, 6.45) is 2.23. The van der Waals surface area contributed by atoms with Crippen LogP contribution < -0.4 is 5.32 Å². The van der Waals surface area contributed by atoms with Crippen molar-refractivity contribution in [1.82, 2.24) is 5.32 Å². The van der Waals surface area contributed by atoms with Crippen molar-refractivity contribution >= 4 is 0 Å². The number of rotatable bonds is 3. The average Bonchev–Trinajstić information content (AvgIpc) is 2.42. The van der Waals surface area contributed by atoms with Gasteiger partial charge in [0.25, 0.3) is 0 Å². The van der Waals surface area contributed by atoms with Gasteiger partial charge in [-0.3, -0.25) is 0 Å². The molecule has 0 amide bonds. The van der Waals surface area contributed by atoms with Crippen LogP contribution in [-0.2, 0) is 4.74 Å². The van der Waals surface area contributed by atoms with Crippen molar-refractivity contribution in [2.24, 2.45) is 11.8 Å². The number of ether oxygens (including phenoxy) is 1. The predicted octanol–water partition coefficient (Wildman–Crippen LogP) is 0.770. The summed E-state index contributed by atoms with van der Waals surface area (Å²) in [6, 6.07) is 0.789. The fraction of sp³-hybridized carbons (Fsp3) is 1.00. The molecule has 2 unspecified atom stereocenters. The number of hydrogen-bond acceptors (Lipinski definition) is 3. The second-order valence-corrected chi connectivity index (χ2v) is 5.05. The van der Waals surface area contributed by atoms with Crippen molar-refractivity contribution in [1.29, 1.82) is 0 Å². The van der Waals surface area contributed by atoms with E-state index in [2.05, 4.69) is 19.2 Å². The third kappa shape index (κ3) is 2.10. The smallest absolute Gasteiger partial charge is 0.0948 e. The van der Waals surface area contributed by atoms with E-state index in [1.54, 1.807) is 0 Å². The number of aliphatic hydroxyl groups excluding tert-OH is 1. The molecule has 0 aromatic rings. The van der Waals surface area contributed by atoms with Crippen LogP contribution in [-0.4, -0.2) is 36.5 Å². The van der Waals surface area contributed by atoms with Crippen LogP contribution in [0.4, 0.5) is 0 Å². The minimum atomic E-state index is -0.298. The average molecular weight is 199 g/mol. The molecule has 1 saturated heterocycles. The molecule has 2 rings (SSSR count). The Morgan fingerprint density at radius 3 is 2.50 bits per heavy atom. The van der Waals surface area contributed by atoms with Crippen LogP contribution in [0.15, 0.2) is 0 Å². The Kier molecular flexibility index (Phi) is 3.10. The Morgan fingerprint density at radius 1 is 1.29 bits per heavy atom. The second-order valence-electron chi connectivity index (χ2n) is 5.05. The molecule has 3 heteroatoms. The molecule has 0 aromatic heterocycles. The van der Waals surface area contributed by atoms with Crippen LogP contribution in [0.25, 0.3) is 0 Å². The SMILES string of the molecule is CC(C)C1CC(NC2COCC2O)C1. The third-order valence-corrected chi connectivity index (χ3v) is 3.62. The van der Waals surface area contributed by atoms with E-state index in [4.69, 9.17) is 4.74 Å². The molecule has 14 heavy (non-hydrogen) atoms. The number of hydrogen-bond donors (Lipinski definition) is 2. The quantitative estimate of drug-likeness (QED) is 0.705. The first-order chi connectivity index (χ1) is 6.66. The first kappa shape index (κ1) is 10.4. The van der Waals surface area contributed by atoms with Gasteiger partial charge in [0.1, 0.15) is 0 Å². The lowest BCUT2D eigenvalue weighted by Gasteiger charge is -2.40. The van der Waals surface area contributed by atoms with Crippen molar-refractivity contribution < 1.29 is 9.84 Å². The van der Waals surface area contributed by atoms with Crippen molar-refractivity contribution in [3.8, 4) is 0 Å². The molecule has 82 valence electrons. The van der Waals surface area contributed by atoms with Gasteiger partial charge in [-0.05, 0) is 24.7 Å². The van der Waals surface area contributed by atoms with Gasteiger partial charge in [0.2, 0.25) is 0 Å². The van der Waals surface area contributed by atoms with Crippen molar-refractivity contribution in [2.45, 2.75) is 44.9 Å². The molecule has 0 aromatic carbocycles. The highest BCUT2D eigenvalue weighted by Crippen LogP contribution is 2.34. The largest absolute Gasteiger partial charge is 0.389 e. The number of aliphatic hydroxyl groups is 1. The maximum Gasteiger partial charge on any atom is 0.0948 e. The van der Waals surface area contributed by atoms with E-state index >= 15 is 0 Å². The Balaban J connectivity index is 1.68. The summed E-state index contributed by atoms with van der Waals surface area (Å²) in [4.78, 5) is 0. The van der Waals surface area contributed by atoms with Crippen LogP contribution in [0, 0.1) is 11.8 Å². The zero-order valence-corrected chi connectivity index (χ0v) is 9.07. The summed E-state index contributed by atoms with van der Waals surface area (Å²) >= 11 is 0. The van der Waals surface area contributed by atoms with Crippen LogP contribution in [0.2, 0.25) is 0 Å². The van der Waals surface area contributed by atoms with Gasteiger partial charge in [0.15, 0.2) is 0 Å². The van der Waals surface area contributed by atoms with Gasteiger partial charge < -0.3 is 15.2 Å². The van der Waals surface area contributed by atoms with E-state index in [1.165, 1.54) is 12.8 Å². The van der Waals surface area contributed by atoms with Crippen molar-refractivity contribution in [3.63, 3.8) is 0 Å². The van der Waals surface area contributed by atoms with Crippen LogP contribution in [0.3, 0.4) is 0 Å². The minimum Gasteiger partial charge on any atom is -0.389 e. The molecule has 2 aliphatic rings. The molecule has 1 heterocycles. The van der Waals surface area contributed by atoms with Crippen molar-refractivity contribution in [2.75, 3.05) is 13.2 Å². The topological polar surface area (TPSA) is 41.5 Å². The van der Waals surface area contributed by atoms with E-state index in [1.807, 2.05) is 0 Å². The van der Waals surface area contributed by atoms with E-state index in [-0.39, 0.29) is 12.1 Å². The number of nitrogens with one attached hydrogen (secondary N) is 1. The minimum absolute atomic E-state index is 0.174. The summed E-state index contributed by atoms with van der Waals surface area (Å²) in [6.45, 7) is 5.74. The van der Waals surface area contributed by atoms with Crippen LogP contribution in [0.1, 0.15) is 26.7 Å². The first-order valence-corrected chi connectivity index (χ1v) is 5.68. The Hall–Kier alpha value is -0.120. The van der Waals surface area contributed by atoms with E-state index in [9.17, 15) is 5.11 Å². The summed E-state index contributed by atoms with van der Waals surface area (Å²) < 4.78 is 5.20. The first-order valence-electron chi connectivity index (χ1n) is 5.68. The molecule has 0 spiro atoms. The lowest BCUT2D eigenvalue weighted by atomic mass is 9.73. The predicted molar refractivity (Wildman–Crippen MR) is 55.1 cm³/mol. The van der Waals surface area contributed by atoms with Gasteiger partial charge >= 0.3 is 0 Å². The molecule has 0 bridgehead atoms. The zero-order valence-electron chi connectivity index (χ0n) is 9.07. The Morgan fingerprint density at radius 2 is 2.00 bits per heavy atom. The van der Waals surface area contributed by atoms with E-state index < -0.39 is 0 Å². The molecule has 2 N–H and O–H groups in total. The molecule has 3 nitrogen and oxygen atoms in total. The molecule has 1 aliphatic heterocycles. The molecule has 1 aliphatic carbocycles. The van der Waals surface area contributed by atoms with E-state index in [0.717, 1.165) is 11.8 Å². The van der Waals surface area contributed by atoms with Crippen LogP contribution in [0.5, 0.6) is 0 Å². The lowest BCUT2D eigenvalue weighted by molar-refractivity contribution is 0.107. The normalized spacial score (nSPS) is 42.9. The van der Waals surface area contributed by atoms with Gasteiger partial charge in [-0.2, -0.15) is 0 Å². The highest BCUT2D eigenvalue weighted by atomic mass is 16.5. The molecule has 1 saturated carbocycles. The van der Waals surface area contributed by atoms with Gasteiger partial charge in [-0.25, -0.2) is 0 Å². The Bertz CT molecular complexity index is 190. The highest BCUT2D eigenvalue weighted by Gasteiger charge is 2.35. The monoisotopic (exact) mass is 199 g/mol. The Labute approximate surface area is 85.8 Å². The van der Waals surface area contributed by atoms with Gasteiger partial charge in [0.05, 0.1) is 25.4 Å². The molecular formula is C11H21NO2. The van der Waals surface area contributed by atoms with Gasteiger partial charge in [-0.15, -0.1) is 0 Å². The van der Waals surface area contributed by atoms with Gasteiger partial charge in [-0.1, -0.05) is 13.8 Å². The van der Waals surface area contributed by atoms with E-state index in [0.29, 0.717) is 19.3 Å². The molecule has 2 atom stereocenters. The van der Waals surface area contributed by atoms with Crippen molar-refractivity contribution in [3.05, 3.63) is 0 Å². The standard InChI is InChI=1S/C11H21NO2/c1-7(2)8-3-9(4-8)12-10-5-14-6-11(10)13/h7-13H,3-6H2,1-2H3. The highest BCUT2D eigenvalue weighted by molar-refractivity contribution is 4.91. The second kappa shape index (κ2) is 4.17. The summed E-state index contributed by atoms with van der Waals surface area (Å²) in [7, 11) is 0. The maximum absolute atomic E-state index is 9.55. The van der Waals surface area contributed by atoms with Gasteiger partial charge in [0, 0.05) is 6.04 Å². The zero-order chi connectivity index (χ0) is 10.1. The molecular weight excluding hydrogens is 178 g/mol. The summed E-state index contributed by atoms with van der Waals surface area (Å²) in [5.41, 5.74) is 0.